The standard InChI is InChI=1S/C10H15NO3/c12-10-5-9(6-11(13)14)7-2-1-3-8(10)4-7/h7-9H,1-6H2/t7-,8-,9+/m1/s1. The van der Waals surface area contributed by atoms with Crippen LogP contribution in [-0.4, -0.2) is 17.3 Å². The van der Waals surface area contributed by atoms with Gasteiger partial charge < -0.3 is 0 Å². The van der Waals surface area contributed by atoms with Gasteiger partial charge in [0.2, 0.25) is 6.54 Å². The lowest BCUT2D eigenvalue weighted by atomic mass is 9.66. The molecular formula is C10H15NO3. The van der Waals surface area contributed by atoms with Crippen molar-refractivity contribution in [2.24, 2.45) is 17.8 Å². The number of carbonyl (C=O) groups is 1. The van der Waals surface area contributed by atoms with Crippen LogP contribution in [0.15, 0.2) is 0 Å². The number of fused-ring (bicyclic) bond motifs is 2. The van der Waals surface area contributed by atoms with Gasteiger partial charge in [0, 0.05) is 23.2 Å². The molecule has 4 heteroatoms. The number of carbonyl (C=O) groups excluding carboxylic acids is 1. The van der Waals surface area contributed by atoms with E-state index in [9.17, 15) is 14.9 Å². The van der Waals surface area contributed by atoms with Crippen molar-refractivity contribution in [3.05, 3.63) is 10.1 Å². The van der Waals surface area contributed by atoms with E-state index in [1.165, 1.54) is 0 Å². The number of hydrogen-bond donors (Lipinski definition) is 0. The smallest absolute Gasteiger partial charge is 0.207 e. The summed E-state index contributed by atoms with van der Waals surface area (Å²) in [6.45, 7) is -0.0108. The molecule has 2 fully saturated rings. The first kappa shape index (κ1) is 9.62. The molecule has 2 aliphatic carbocycles. The van der Waals surface area contributed by atoms with Crippen molar-refractivity contribution >= 4 is 5.78 Å². The lowest BCUT2D eigenvalue weighted by Gasteiger charge is -2.37. The molecule has 3 atom stereocenters. The van der Waals surface area contributed by atoms with E-state index in [1.807, 2.05) is 0 Å². The number of ketones is 1. The summed E-state index contributed by atoms with van der Waals surface area (Å²) in [5.41, 5.74) is 0. The molecule has 0 heterocycles. The molecule has 0 amide bonds. The predicted octanol–water partition coefficient (Wildman–Crippen LogP) is 1.66. The fourth-order valence-electron chi connectivity index (χ4n) is 2.95. The van der Waals surface area contributed by atoms with Crippen molar-refractivity contribution in [3.8, 4) is 0 Å². The van der Waals surface area contributed by atoms with Crippen molar-refractivity contribution in [3.63, 3.8) is 0 Å². The second-order valence-corrected chi connectivity index (χ2v) is 4.57. The first-order chi connectivity index (χ1) is 6.66. The van der Waals surface area contributed by atoms with Crippen molar-refractivity contribution < 1.29 is 9.72 Å². The second kappa shape index (κ2) is 3.67. The maximum absolute atomic E-state index is 11.6. The molecule has 0 unspecified atom stereocenters. The Morgan fingerprint density at radius 2 is 2.21 bits per heavy atom. The SMILES string of the molecule is O=C1C[C@@H](C[N+](=O)[O-])[C@@H]2CCC[C@@H]1C2. The number of Topliss-reactive ketones (excluding diaryl/α,β-unsaturated/α-hetero) is 1. The topological polar surface area (TPSA) is 60.2 Å². The minimum Gasteiger partial charge on any atom is -0.299 e. The summed E-state index contributed by atoms with van der Waals surface area (Å²) in [7, 11) is 0. The number of nitrogens with zero attached hydrogens (tertiary/aromatic N) is 1. The molecule has 0 radical (unpaired) electrons. The van der Waals surface area contributed by atoms with E-state index in [0.29, 0.717) is 12.3 Å². The minimum atomic E-state index is -0.271. The van der Waals surface area contributed by atoms with E-state index < -0.39 is 0 Å². The number of rotatable bonds is 2. The maximum atomic E-state index is 11.6. The molecule has 0 aromatic heterocycles. The normalized spacial score (nSPS) is 36.9. The summed E-state index contributed by atoms with van der Waals surface area (Å²) in [4.78, 5) is 21.7. The molecule has 0 aromatic rings. The van der Waals surface area contributed by atoms with Gasteiger partial charge in [0.1, 0.15) is 5.78 Å². The van der Waals surface area contributed by atoms with Crippen LogP contribution in [0.1, 0.15) is 32.1 Å². The minimum absolute atomic E-state index is 0.0108. The number of hydrogen-bond acceptors (Lipinski definition) is 3. The third-order valence-electron chi connectivity index (χ3n) is 3.68. The van der Waals surface area contributed by atoms with Gasteiger partial charge in [-0.1, -0.05) is 6.42 Å². The van der Waals surface area contributed by atoms with Crippen molar-refractivity contribution in [1.29, 1.82) is 0 Å². The molecule has 4 nitrogen and oxygen atoms in total. The quantitative estimate of drug-likeness (QED) is 0.499. The van der Waals surface area contributed by atoms with E-state index in [1.54, 1.807) is 0 Å². The van der Waals surface area contributed by atoms with Gasteiger partial charge in [0.25, 0.3) is 0 Å². The second-order valence-electron chi connectivity index (χ2n) is 4.57. The fraction of sp³-hybridized carbons (Fsp3) is 0.900. The Morgan fingerprint density at radius 1 is 1.43 bits per heavy atom. The van der Waals surface area contributed by atoms with Gasteiger partial charge in [-0.2, -0.15) is 0 Å². The Labute approximate surface area is 82.8 Å². The van der Waals surface area contributed by atoms with Crippen LogP contribution in [0.2, 0.25) is 0 Å². The molecule has 2 rings (SSSR count). The van der Waals surface area contributed by atoms with Crippen LogP contribution in [0.4, 0.5) is 0 Å². The third kappa shape index (κ3) is 1.79. The molecule has 0 aliphatic heterocycles. The van der Waals surface area contributed by atoms with Crippen molar-refractivity contribution in [2.75, 3.05) is 6.54 Å². The average molecular weight is 197 g/mol. The highest BCUT2D eigenvalue weighted by atomic mass is 16.6. The maximum Gasteiger partial charge on any atom is 0.207 e. The molecule has 2 aliphatic rings. The van der Waals surface area contributed by atoms with Crippen LogP contribution in [0.5, 0.6) is 0 Å². The van der Waals surface area contributed by atoms with Crippen LogP contribution in [0, 0.1) is 27.9 Å². The van der Waals surface area contributed by atoms with E-state index >= 15 is 0 Å². The molecular weight excluding hydrogens is 182 g/mol. The van der Waals surface area contributed by atoms with Crippen LogP contribution < -0.4 is 0 Å². The Bertz CT molecular complexity index is 264. The molecule has 14 heavy (non-hydrogen) atoms. The highest BCUT2D eigenvalue weighted by Crippen LogP contribution is 2.41. The first-order valence-corrected chi connectivity index (χ1v) is 5.31. The predicted molar refractivity (Wildman–Crippen MR) is 50.4 cm³/mol. The van der Waals surface area contributed by atoms with E-state index in [2.05, 4.69) is 0 Å². The highest BCUT2D eigenvalue weighted by molar-refractivity contribution is 5.82. The summed E-state index contributed by atoms with van der Waals surface area (Å²) in [6, 6.07) is 0. The number of nitro groups is 1. The van der Waals surface area contributed by atoms with Crippen molar-refractivity contribution in [2.45, 2.75) is 32.1 Å². The van der Waals surface area contributed by atoms with E-state index in [4.69, 9.17) is 0 Å². The zero-order valence-corrected chi connectivity index (χ0v) is 8.15. The summed E-state index contributed by atoms with van der Waals surface area (Å²) in [5, 5.41) is 10.4. The molecule has 0 saturated heterocycles. The third-order valence-corrected chi connectivity index (χ3v) is 3.68. The highest BCUT2D eigenvalue weighted by Gasteiger charge is 2.40. The average Bonchev–Trinajstić information content (AvgIpc) is 2.14. The van der Waals surface area contributed by atoms with Crippen LogP contribution in [0.3, 0.4) is 0 Å². The monoisotopic (exact) mass is 197 g/mol. The van der Waals surface area contributed by atoms with Gasteiger partial charge in [-0.25, -0.2) is 0 Å². The first-order valence-electron chi connectivity index (χ1n) is 5.31. The fourth-order valence-corrected chi connectivity index (χ4v) is 2.95. The van der Waals surface area contributed by atoms with Gasteiger partial charge in [-0.3, -0.25) is 14.9 Å². The Kier molecular flexibility index (Phi) is 2.52. The Morgan fingerprint density at radius 3 is 2.93 bits per heavy atom. The zero-order chi connectivity index (χ0) is 10.1. The van der Waals surface area contributed by atoms with E-state index in [-0.39, 0.29) is 29.1 Å². The van der Waals surface area contributed by atoms with Crippen LogP contribution in [0.25, 0.3) is 0 Å². The van der Waals surface area contributed by atoms with Crippen molar-refractivity contribution in [1.82, 2.24) is 0 Å². The largest absolute Gasteiger partial charge is 0.299 e. The molecule has 2 saturated carbocycles. The zero-order valence-electron chi connectivity index (χ0n) is 8.15. The van der Waals surface area contributed by atoms with E-state index in [0.717, 1.165) is 25.7 Å². The molecule has 0 aromatic carbocycles. The van der Waals surface area contributed by atoms with Gasteiger partial charge in [0.15, 0.2) is 0 Å². The summed E-state index contributed by atoms with van der Waals surface area (Å²) in [5.74, 6) is 0.968. The summed E-state index contributed by atoms with van der Waals surface area (Å²) >= 11 is 0. The van der Waals surface area contributed by atoms with Gasteiger partial charge in [-0.05, 0) is 25.2 Å². The molecule has 78 valence electrons. The molecule has 2 bridgehead atoms. The molecule has 0 N–H and O–H groups in total. The van der Waals surface area contributed by atoms with Crippen LogP contribution >= 0.6 is 0 Å². The lowest BCUT2D eigenvalue weighted by Crippen LogP contribution is -2.38. The van der Waals surface area contributed by atoms with Gasteiger partial charge in [-0.15, -0.1) is 0 Å². The summed E-state index contributed by atoms with van der Waals surface area (Å²) < 4.78 is 0. The van der Waals surface area contributed by atoms with Crippen LogP contribution in [-0.2, 0) is 4.79 Å². The summed E-state index contributed by atoms with van der Waals surface area (Å²) in [6.07, 6.45) is 4.55. The lowest BCUT2D eigenvalue weighted by molar-refractivity contribution is -0.490. The molecule has 0 spiro atoms. The Hall–Kier alpha value is -0.930. The van der Waals surface area contributed by atoms with Gasteiger partial charge >= 0.3 is 0 Å². The Balaban J connectivity index is 2.04. The van der Waals surface area contributed by atoms with Gasteiger partial charge in [0.05, 0.1) is 0 Å².